The van der Waals surface area contributed by atoms with E-state index in [1.165, 1.54) is 0 Å². The zero-order chi connectivity index (χ0) is 15.2. The Bertz CT molecular complexity index is 640. The van der Waals surface area contributed by atoms with Crippen LogP contribution in [0.2, 0.25) is 5.02 Å². The largest absolute Gasteiger partial charge is 0.322 e. The number of nitrogens with one attached hydrogen (secondary N) is 1. The summed E-state index contributed by atoms with van der Waals surface area (Å²) in [6.07, 6.45) is 1.82. The molecule has 0 aliphatic rings. The SMILES string of the molecule is Cc1ccc(C(=O)Nc2cccc(CCCCl)c2)c(Cl)c1. The summed E-state index contributed by atoms with van der Waals surface area (Å²) in [5.41, 5.74) is 3.43. The highest BCUT2D eigenvalue weighted by Gasteiger charge is 2.10. The zero-order valence-electron chi connectivity index (χ0n) is 11.8. The lowest BCUT2D eigenvalue weighted by Gasteiger charge is -2.09. The Morgan fingerprint density at radius 3 is 2.71 bits per heavy atom. The summed E-state index contributed by atoms with van der Waals surface area (Å²) in [6.45, 7) is 1.94. The molecule has 1 amide bonds. The molecule has 0 heterocycles. The monoisotopic (exact) mass is 321 g/mol. The minimum atomic E-state index is -0.200. The number of carbonyl (C=O) groups is 1. The molecule has 0 fully saturated rings. The van der Waals surface area contributed by atoms with Gasteiger partial charge in [-0.1, -0.05) is 29.8 Å². The number of hydrogen-bond acceptors (Lipinski definition) is 1. The highest BCUT2D eigenvalue weighted by molar-refractivity contribution is 6.34. The fourth-order valence-corrected chi connectivity index (χ4v) is 2.53. The van der Waals surface area contributed by atoms with Crippen LogP contribution in [0.15, 0.2) is 42.5 Å². The van der Waals surface area contributed by atoms with E-state index in [-0.39, 0.29) is 5.91 Å². The van der Waals surface area contributed by atoms with Crippen LogP contribution in [-0.2, 0) is 6.42 Å². The Morgan fingerprint density at radius 2 is 2.00 bits per heavy atom. The lowest BCUT2D eigenvalue weighted by atomic mass is 10.1. The molecule has 0 unspecified atom stereocenters. The second kappa shape index (κ2) is 7.48. The normalized spacial score (nSPS) is 10.4. The van der Waals surface area contributed by atoms with E-state index in [9.17, 15) is 4.79 Å². The van der Waals surface area contributed by atoms with Crippen molar-refractivity contribution in [2.24, 2.45) is 0 Å². The van der Waals surface area contributed by atoms with Crippen LogP contribution in [0.4, 0.5) is 5.69 Å². The number of alkyl halides is 1. The third-order valence-corrected chi connectivity index (χ3v) is 3.73. The van der Waals surface area contributed by atoms with Gasteiger partial charge in [0.15, 0.2) is 0 Å². The van der Waals surface area contributed by atoms with Gasteiger partial charge in [-0.3, -0.25) is 4.79 Å². The Balaban J connectivity index is 2.12. The summed E-state index contributed by atoms with van der Waals surface area (Å²) < 4.78 is 0. The molecule has 0 radical (unpaired) electrons. The first kappa shape index (κ1) is 15.9. The average Bonchev–Trinajstić information content (AvgIpc) is 2.45. The fraction of sp³-hybridized carbons (Fsp3) is 0.235. The first-order valence-corrected chi connectivity index (χ1v) is 7.74. The van der Waals surface area contributed by atoms with Gasteiger partial charge in [0.1, 0.15) is 0 Å². The molecule has 0 atom stereocenters. The van der Waals surface area contributed by atoms with Crippen molar-refractivity contribution >= 4 is 34.8 Å². The van der Waals surface area contributed by atoms with Crippen molar-refractivity contribution in [1.29, 1.82) is 0 Å². The quantitative estimate of drug-likeness (QED) is 0.765. The molecular weight excluding hydrogens is 305 g/mol. The molecule has 2 aromatic rings. The van der Waals surface area contributed by atoms with E-state index in [0.717, 1.165) is 29.7 Å². The minimum Gasteiger partial charge on any atom is -0.322 e. The smallest absolute Gasteiger partial charge is 0.257 e. The van der Waals surface area contributed by atoms with Crippen LogP contribution in [0.1, 0.15) is 27.9 Å². The van der Waals surface area contributed by atoms with E-state index in [4.69, 9.17) is 23.2 Å². The van der Waals surface area contributed by atoms with Gasteiger partial charge in [-0.15, -0.1) is 11.6 Å². The summed E-state index contributed by atoms with van der Waals surface area (Å²) in [5, 5.41) is 3.34. The highest BCUT2D eigenvalue weighted by Crippen LogP contribution is 2.20. The summed E-state index contributed by atoms with van der Waals surface area (Å²) in [7, 11) is 0. The van der Waals surface area contributed by atoms with E-state index in [1.807, 2.05) is 37.3 Å². The van der Waals surface area contributed by atoms with Gasteiger partial charge in [-0.2, -0.15) is 0 Å². The third-order valence-electron chi connectivity index (χ3n) is 3.15. The van der Waals surface area contributed by atoms with Crippen LogP contribution in [0.5, 0.6) is 0 Å². The minimum absolute atomic E-state index is 0.200. The van der Waals surface area contributed by atoms with E-state index in [2.05, 4.69) is 5.32 Å². The topological polar surface area (TPSA) is 29.1 Å². The average molecular weight is 322 g/mol. The second-order valence-corrected chi connectivity index (χ2v) is 5.72. The number of anilines is 1. The standard InChI is InChI=1S/C17H17Cl2NO/c1-12-7-8-15(16(19)10-12)17(21)20-14-6-2-4-13(11-14)5-3-9-18/h2,4,6-8,10-11H,3,5,9H2,1H3,(H,20,21). The van der Waals surface area contributed by atoms with Crippen molar-refractivity contribution in [3.63, 3.8) is 0 Å². The van der Waals surface area contributed by atoms with Crippen LogP contribution in [-0.4, -0.2) is 11.8 Å². The van der Waals surface area contributed by atoms with E-state index < -0.39 is 0 Å². The predicted molar refractivity (Wildman–Crippen MR) is 89.6 cm³/mol. The molecule has 2 nitrogen and oxygen atoms in total. The number of benzene rings is 2. The summed E-state index contributed by atoms with van der Waals surface area (Å²) in [4.78, 5) is 12.3. The molecule has 0 aliphatic carbocycles. The van der Waals surface area contributed by atoms with E-state index in [1.54, 1.807) is 12.1 Å². The molecule has 0 saturated carbocycles. The maximum Gasteiger partial charge on any atom is 0.257 e. The lowest BCUT2D eigenvalue weighted by Crippen LogP contribution is -2.12. The summed E-state index contributed by atoms with van der Waals surface area (Å²) in [5.74, 6) is 0.435. The van der Waals surface area contributed by atoms with Gasteiger partial charge < -0.3 is 5.32 Å². The number of rotatable bonds is 5. The van der Waals surface area contributed by atoms with Crippen LogP contribution in [0, 0.1) is 6.92 Å². The van der Waals surface area contributed by atoms with Crippen molar-refractivity contribution < 1.29 is 4.79 Å². The molecule has 4 heteroatoms. The van der Waals surface area contributed by atoms with E-state index >= 15 is 0 Å². The molecule has 0 aliphatic heterocycles. The molecule has 0 aromatic heterocycles. The Morgan fingerprint density at radius 1 is 1.19 bits per heavy atom. The number of amides is 1. The van der Waals surface area contributed by atoms with Gasteiger partial charge in [-0.25, -0.2) is 0 Å². The first-order chi connectivity index (χ1) is 10.1. The molecule has 1 N–H and O–H groups in total. The van der Waals surface area contributed by atoms with Crippen LogP contribution >= 0.6 is 23.2 Å². The van der Waals surface area contributed by atoms with Crippen molar-refractivity contribution in [3.8, 4) is 0 Å². The van der Waals surface area contributed by atoms with Crippen LogP contribution in [0.3, 0.4) is 0 Å². The predicted octanol–water partition coefficient (Wildman–Crippen LogP) is 5.07. The van der Waals surface area contributed by atoms with Gasteiger partial charge in [0.05, 0.1) is 10.6 Å². The fourth-order valence-electron chi connectivity index (χ4n) is 2.08. The van der Waals surface area contributed by atoms with Gasteiger partial charge in [0.2, 0.25) is 0 Å². The van der Waals surface area contributed by atoms with Crippen molar-refractivity contribution in [3.05, 3.63) is 64.2 Å². The lowest BCUT2D eigenvalue weighted by molar-refractivity contribution is 0.102. The van der Waals surface area contributed by atoms with E-state index in [0.29, 0.717) is 16.5 Å². The van der Waals surface area contributed by atoms with Crippen LogP contribution in [0.25, 0.3) is 0 Å². The van der Waals surface area contributed by atoms with Gasteiger partial charge >= 0.3 is 0 Å². The summed E-state index contributed by atoms with van der Waals surface area (Å²) >= 11 is 11.8. The summed E-state index contributed by atoms with van der Waals surface area (Å²) in [6, 6.07) is 13.2. The Hall–Kier alpha value is -1.51. The van der Waals surface area contributed by atoms with Gasteiger partial charge in [0, 0.05) is 11.6 Å². The number of hydrogen-bond donors (Lipinski definition) is 1. The second-order valence-electron chi connectivity index (χ2n) is 4.93. The molecule has 21 heavy (non-hydrogen) atoms. The van der Waals surface area contributed by atoms with Crippen molar-refractivity contribution in [2.75, 3.05) is 11.2 Å². The van der Waals surface area contributed by atoms with Crippen molar-refractivity contribution in [1.82, 2.24) is 0 Å². The maximum atomic E-state index is 12.3. The Kier molecular flexibility index (Phi) is 5.66. The number of carbonyl (C=O) groups excluding carboxylic acids is 1. The number of aryl methyl sites for hydroxylation is 2. The molecule has 2 aromatic carbocycles. The number of halogens is 2. The molecule has 0 saturated heterocycles. The molecule has 0 spiro atoms. The van der Waals surface area contributed by atoms with Crippen molar-refractivity contribution in [2.45, 2.75) is 19.8 Å². The highest BCUT2D eigenvalue weighted by atomic mass is 35.5. The Labute approximate surface area is 135 Å². The van der Waals surface area contributed by atoms with Gasteiger partial charge in [-0.05, 0) is 55.2 Å². The molecule has 0 bridgehead atoms. The third kappa shape index (κ3) is 4.48. The zero-order valence-corrected chi connectivity index (χ0v) is 13.3. The van der Waals surface area contributed by atoms with Crippen LogP contribution < -0.4 is 5.32 Å². The van der Waals surface area contributed by atoms with Gasteiger partial charge in [0.25, 0.3) is 5.91 Å². The molecular formula is C17H17Cl2NO. The first-order valence-electron chi connectivity index (χ1n) is 6.82. The maximum absolute atomic E-state index is 12.3. The molecule has 2 rings (SSSR count). The molecule has 110 valence electrons.